The van der Waals surface area contributed by atoms with Gasteiger partial charge in [-0.1, -0.05) is 158 Å². The van der Waals surface area contributed by atoms with E-state index in [-0.39, 0.29) is 0 Å². The standard InChI is InChI=1S/C51H31N3O/c1-3-13-32(14-4-1)49-52-50(33-15-5-2-6-16-33)54-51(53-49)37-18-11-17-36(29-37)38-22-12-23-43-39-19-7-8-20-40(39)45-30-34(26-28-44(45)48(38)43)35-25-27-42-41-21-9-10-24-46(41)55-47(42)31-35/h1-31H. The molecule has 0 aliphatic carbocycles. The molecule has 9 aromatic carbocycles. The number of para-hydroxylation sites is 1. The second kappa shape index (κ2) is 12.6. The minimum Gasteiger partial charge on any atom is -0.456 e. The fourth-order valence-corrected chi connectivity index (χ4v) is 8.09. The van der Waals surface area contributed by atoms with Crippen LogP contribution in [0.15, 0.2) is 192 Å². The number of aromatic nitrogens is 3. The van der Waals surface area contributed by atoms with Crippen LogP contribution < -0.4 is 0 Å². The highest BCUT2D eigenvalue weighted by atomic mass is 16.3. The molecule has 4 heteroatoms. The molecule has 11 rings (SSSR count). The Morgan fingerprint density at radius 2 is 0.764 bits per heavy atom. The first-order chi connectivity index (χ1) is 27.2. The minimum absolute atomic E-state index is 0.635. The molecule has 0 aliphatic rings. The van der Waals surface area contributed by atoms with Crippen LogP contribution in [0.25, 0.3) is 111 Å². The number of fused-ring (bicyclic) bond motifs is 9. The molecule has 0 amide bonds. The zero-order chi connectivity index (χ0) is 36.3. The highest BCUT2D eigenvalue weighted by molar-refractivity contribution is 6.29. The predicted molar refractivity (Wildman–Crippen MR) is 227 cm³/mol. The van der Waals surface area contributed by atoms with Crippen molar-refractivity contribution in [1.29, 1.82) is 0 Å². The first-order valence-electron chi connectivity index (χ1n) is 18.5. The molecule has 0 bridgehead atoms. The lowest BCUT2D eigenvalue weighted by Gasteiger charge is -2.16. The molecule has 0 unspecified atom stereocenters. The van der Waals surface area contributed by atoms with Gasteiger partial charge in [-0.15, -0.1) is 0 Å². The third kappa shape index (κ3) is 5.26. The van der Waals surface area contributed by atoms with Gasteiger partial charge >= 0.3 is 0 Å². The van der Waals surface area contributed by atoms with E-state index in [9.17, 15) is 0 Å². The molecule has 0 fully saturated rings. The third-order valence-corrected chi connectivity index (χ3v) is 10.7. The van der Waals surface area contributed by atoms with E-state index in [1.165, 1.54) is 32.3 Å². The van der Waals surface area contributed by atoms with E-state index < -0.39 is 0 Å². The van der Waals surface area contributed by atoms with Crippen molar-refractivity contribution < 1.29 is 4.42 Å². The molecule has 0 spiro atoms. The quantitative estimate of drug-likeness (QED) is 0.168. The van der Waals surface area contributed by atoms with Gasteiger partial charge in [-0.05, 0) is 84.9 Å². The van der Waals surface area contributed by atoms with Gasteiger partial charge in [0.15, 0.2) is 17.5 Å². The Labute approximate surface area is 317 Å². The van der Waals surface area contributed by atoms with Crippen LogP contribution in [0.5, 0.6) is 0 Å². The van der Waals surface area contributed by atoms with Gasteiger partial charge in [0.25, 0.3) is 0 Å². The molecule has 0 saturated carbocycles. The van der Waals surface area contributed by atoms with Crippen LogP contribution >= 0.6 is 0 Å². The van der Waals surface area contributed by atoms with Crippen LogP contribution in [0, 0.1) is 0 Å². The molecule has 2 aromatic heterocycles. The van der Waals surface area contributed by atoms with E-state index >= 15 is 0 Å². The monoisotopic (exact) mass is 701 g/mol. The number of hydrogen-bond donors (Lipinski definition) is 0. The van der Waals surface area contributed by atoms with Crippen LogP contribution in [0.2, 0.25) is 0 Å². The van der Waals surface area contributed by atoms with Crippen LogP contribution in [0.4, 0.5) is 0 Å². The maximum Gasteiger partial charge on any atom is 0.164 e. The minimum atomic E-state index is 0.635. The maximum atomic E-state index is 6.28. The van der Waals surface area contributed by atoms with Gasteiger partial charge in [-0.25, -0.2) is 15.0 Å². The van der Waals surface area contributed by atoms with Crippen molar-refractivity contribution in [1.82, 2.24) is 15.0 Å². The second-order valence-electron chi connectivity index (χ2n) is 14.0. The Morgan fingerprint density at radius 1 is 0.273 bits per heavy atom. The fourth-order valence-electron chi connectivity index (χ4n) is 8.09. The number of benzene rings is 9. The zero-order valence-electron chi connectivity index (χ0n) is 29.6. The van der Waals surface area contributed by atoms with Crippen LogP contribution in [-0.2, 0) is 0 Å². The second-order valence-corrected chi connectivity index (χ2v) is 14.0. The topological polar surface area (TPSA) is 51.8 Å². The molecule has 256 valence electrons. The summed E-state index contributed by atoms with van der Waals surface area (Å²) in [7, 11) is 0. The summed E-state index contributed by atoms with van der Waals surface area (Å²) < 4.78 is 6.28. The summed E-state index contributed by atoms with van der Waals surface area (Å²) in [6.07, 6.45) is 0. The van der Waals surface area contributed by atoms with Crippen molar-refractivity contribution in [3.8, 4) is 56.4 Å². The van der Waals surface area contributed by atoms with Gasteiger partial charge in [-0.2, -0.15) is 0 Å². The van der Waals surface area contributed by atoms with Crippen molar-refractivity contribution in [2.45, 2.75) is 0 Å². The highest BCUT2D eigenvalue weighted by Gasteiger charge is 2.17. The average Bonchev–Trinajstić information content (AvgIpc) is 3.64. The van der Waals surface area contributed by atoms with E-state index in [4.69, 9.17) is 19.4 Å². The largest absolute Gasteiger partial charge is 0.456 e. The molecule has 0 aliphatic heterocycles. The summed E-state index contributed by atoms with van der Waals surface area (Å²) in [4.78, 5) is 15.0. The van der Waals surface area contributed by atoms with Crippen molar-refractivity contribution in [3.05, 3.63) is 188 Å². The number of rotatable bonds is 5. The number of furan rings is 1. The van der Waals surface area contributed by atoms with Gasteiger partial charge in [0.2, 0.25) is 0 Å². The Balaban J connectivity index is 1.09. The van der Waals surface area contributed by atoms with Crippen molar-refractivity contribution in [2.24, 2.45) is 0 Å². The first-order valence-corrected chi connectivity index (χ1v) is 18.5. The Kier molecular flexibility index (Phi) is 7.14. The van der Waals surface area contributed by atoms with Crippen LogP contribution in [0.1, 0.15) is 0 Å². The van der Waals surface area contributed by atoms with E-state index in [1.807, 2.05) is 72.8 Å². The van der Waals surface area contributed by atoms with Crippen LogP contribution in [-0.4, -0.2) is 15.0 Å². The van der Waals surface area contributed by atoms with E-state index in [0.29, 0.717) is 17.5 Å². The zero-order valence-corrected chi connectivity index (χ0v) is 29.6. The third-order valence-electron chi connectivity index (χ3n) is 10.7. The molecule has 55 heavy (non-hydrogen) atoms. The van der Waals surface area contributed by atoms with Crippen molar-refractivity contribution in [3.63, 3.8) is 0 Å². The normalized spacial score (nSPS) is 11.6. The van der Waals surface area contributed by atoms with Gasteiger partial charge < -0.3 is 4.42 Å². The van der Waals surface area contributed by atoms with Crippen molar-refractivity contribution >= 4 is 54.3 Å². The SMILES string of the molecule is c1ccc(-c2nc(-c3ccccc3)nc(-c3cccc(-c4cccc5c6ccccc6c6cc(-c7ccc8c(c7)oc7ccccc78)ccc6c45)c3)n2)cc1. The summed E-state index contributed by atoms with van der Waals surface area (Å²) in [5.74, 6) is 1.93. The first kappa shape index (κ1) is 31.1. The molecule has 2 heterocycles. The molecular weight excluding hydrogens is 671 g/mol. The number of hydrogen-bond acceptors (Lipinski definition) is 4. The average molecular weight is 702 g/mol. The predicted octanol–water partition coefficient (Wildman–Crippen LogP) is 13.6. The molecule has 0 atom stereocenters. The Morgan fingerprint density at radius 3 is 1.49 bits per heavy atom. The number of nitrogens with zero attached hydrogens (tertiary/aromatic N) is 3. The lowest BCUT2D eigenvalue weighted by Crippen LogP contribution is -2.00. The van der Waals surface area contributed by atoms with Gasteiger partial charge in [0.05, 0.1) is 0 Å². The summed E-state index contributed by atoms with van der Waals surface area (Å²) in [5.41, 5.74) is 9.17. The molecular formula is C51H31N3O. The molecule has 4 nitrogen and oxygen atoms in total. The summed E-state index contributed by atoms with van der Waals surface area (Å²) in [6, 6.07) is 65.9. The van der Waals surface area contributed by atoms with Gasteiger partial charge in [0, 0.05) is 27.5 Å². The Hall–Kier alpha value is -7.43. The summed E-state index contributed by atoms with van der Waals surface area (Å²) in [5, 5.41) is 9.60. The lowest BCUT2D eigenvalue weighted by atomic mass is 9.88. The fraction of sp³-hybridized carbons (Fsp3) is 0. The summed E-state index contributed by atoms with van der Waals surface area (Å²) >= 11 is 0. The highest BCUT2D eigenvalue weighted by Crippen LogP contribution is 2.42. The molecule has 0 saturated heterocycles. The Bertz CT molecular complexity index is 3200. The lowest BCUT2D eigenvalue weighted by molar-refractivity contribution is 0.669. The molecule has 0 radical (unpaired) electrons. The van der Waals surface area contributed by atoms with Crippen molar-refractivity contribution in [2.75, 3.05) is 0 Å². The smallest absolute Gasteiger partial charge is 0.164 e. The van der Waals surface area contributed by atoms with E-state index in [1.54, 1.807) is 0 Å². The van der Waals surface area contributed by atoms with E-state index in [2.05, 4.69) is 115 Å². The van der Waals surface area contributed by atoms with Gasteiger partial charge in [0.1, 0.15) is 11.2 Å². The van der Waals surface area contributed by atoms with E-state index in [0.717, 1.165) is 60.9 Å². The summed E-state index contributed by atoms with van der Waals surface area (Å²) in [6.45, 7) is 0. The van der Waals surface area contributed by atoms with Gasteiger partial charge in [-0.3, -0.25) is 0 Å². The molecule has 11 aromatic rings. The molecule has 0 N–H and O–H groups in total. The van der Waals surface area contributed by atoms with Crippen LogP contribution in [0.3, 0.4) is 0 Å². The maximum absolute atomic E-state index is 6.28.